The topological polar surface area (TPSA) is 53.1 Å². The molecule has 0 saturated carbocycles. The number of ether oxygens (including phenoxy) is 1. The van der Waals surface area contributed by atoms with Crippen LogP contribution in [0, 0.1) is 13.8 Å². The highest BCUT2D eigenvalue weighted by Gasteiger charge is 2.12. The number of hydrogen-bond acceptors (Lipinski definition) is 3. The molecule has 0 unspecified atom stereocenters. The van der Waals surface area contributed by atoms with Gasteiger partial charge in [-0.15, -0.1) is 0 Å². The average molecular weight is 231 g/mol. The maximum Gasteiger partial charge on any atom is 0.148 e. The monoisotopic (exact) mass is 231 g/mol. The van der Waals surface area contributed by atoms with E-state index >= 15 is 0 Å². The van der Waals surface area contributed by atoms with Gasteiger partial charge in [-0.3, -0.25) is 4.68 Å². The summed E-state index contributed by atoms with van der Waals surface area (Å²) in [7, 11) is 3.58. The highest BCUT2D eigenvalue weighted by Crippen LogP contribution is 2.29. The third-order valence-corrected chi connectivity index (χ3v) is 2.99. The molecule has 4 heteroatoms. The second kappa shape index (κ2) is 4.13. The van der Waals surface area contributed by atoms with E-state index in [9.17, 15) is 0 Å². The van der Waals surface area contributed by atoms with Gasteiger partial charge in [0.05, 0.1) is 12.8 Å². The first-order valence-corrected chi connectivity index (χ1v) is 5.48. The third-order valence-electron chi connectivity index (χ3n) is 2.99. The number of nitrogen functional groups attached to an aromatic ring is 1. The van der Waals surface area contributed by atoms with Crippen LogP contribution < -0.4 is 10.5 Å². The molecule has 0 aliphatic carbocycles. The van der Waals surface area contributed by atoms with Gasteiger partial charge in [0.1, 0.15) is 11.6 Å². The van der Waals surface area contributed by atoms with Crippen molar-refractivity contribution in [2.24, 2.45) is 7.05 Å². The minimum atomic E-state index is 0.580. The molecule has 90 valence electrons. The molecule has 0 radical (unpaired) electrons. The summed E-state index contributed by atoms with van der Waals surface area (Å²) in [5.74, 6) is 1.47. The molecule has 4 nitrogen and oxygen atoms in total. The molecule has 2 rings (SSSR count). The molecule has 1 heterocycles. The van der Waals surface area contributed by atoms with Gasteiger partial charge in [-0.2, -0.15) is 5.10 Å². The molecule has 17 heavy (non-hydrogen) atoms. The van der Waals surface area contributed by atoms with E-state index in [1.165, 1.54) is 0 Å². The SMILES string of the molecule is COc1ccc(-c2c(C)c(N)nn2C)cc1C. The van der Waals surface area contributed by atoms with Crippen LogP contribution in [0.5, 0.6) is 5.75 Å². The molecule has 0 bridgehead atoms. The van der Waals surface area contributed by atoms with E-state index in [-0.39, 0.29) is 0 Å². The zero-order chi connectivity index (χ0) is 12.6. The van der Waals surface area contributed by atoms with Gasteiger partial charge < -0.3 is 10.5 Å². The van der Waals surface area contributed by atoms with Crippen molar-refractivity contribution in [3.8, 4) is 17.0 Å². The maximum atomic E-state index is 5.82. The van der Waals surface area contributed by atoms with Crippen LogP contribution in [0.25, 0.3) is 11.3 Å². The van der Waals surface area contributed by atoms with Crippen molar-refractivity contribution in [3.05, 3.63) is 29.3 Å². The van der Waals surface area contributed by atoms with E-state index in [1.807, 2.05) is 37.7 Å². The van der Waals surface area contributed by atoms with Crippen LogP contribution >= 0.6 is 0 Å². The Bertz CT molecular complexity index is 558. The standard InChI is InChI=1S/C13H17N3O/c1-8-7-10(5-6-11(8)17-4)12-9(2)13(14)15-16(12)3/h5-7H,1-4H3,(H2,14,15). The summed E-state index contributed by atoms with van der Waals surface area (Å²) in [6, 6.07) is 6.07. The number of rotatable bonds is 2. The minimum Gasteiger partial charge on any atom is -0.496 e. The number of nitrogens with zero attached hydrogens (tertiary/aromatic N) is 2. The molecule has 0 amide bonds. The molecule has 0 aliphatic heterocycles. The Labute approximate surface area is 101 Å². The van der Waals surface area contributed by atoms with Crippen LogP contribution in [0.1, 0.15) is 11.1 Å². The summed E-state index contributed by atoms with van der Waals surface area (Å²) in [6.07, 6.45) is 0. The van der Waals surface area contributed by atoms with Gasteiger partial charge in [0.2, 0.25) is 0 Å². The van der Waals surface area contributed by atoms with Gasteiger partial charge in [-0.05, 0) is 37.6 Å². The van der Waals surface area contributed by atoms with Crippen molar-refractivity contribution in [2.45, 2.75) is 13.8 Å². The second-order valence-electron chi connectivity index (χ2n) is 4.17. The van der Waals surface area contributed by atoms with Gasteiger partial charge in [0.25, 0.3) is 0 Å². The summed E-state index contributed by atoms with van der Waals surface area (Å²) >= 11 is 0. The van der Waals surface area contributed by atoms with Gasteiger partial charge in [0.15, 0.2) is 0 Å². The van der Waals surface area contributed by atoms with Crippen LogP contribution in [-0.4, -0.2) is 16.9 Å². The largest absolute Gasteiger partial charge is 0.496 e. The van der Waals surface area contributed by atoms with Crippen molar-refractivity contribution in [1.29, 1.82) is 0 Å². The van der Waals surface area contributed by atoms with Crippen molar-refractivity contribution < 1.29 is 4.74 Å². The molecule has 0 saturated heterocycles. The molecular formula is C13H17N3O. The lowest BCUT2D eigenvalue weighted by Crippen LogP contribution is -1.95. The van der Waals surface area contributed by atoms with Crippen molar-refractivity contribution >= 4 is 5.82 Å². The Morgan fingerprint density at radius 1 is 1.29 bits per heavy atom. The van der Waals surface area contributed by atoms with Crippen LogP contribution in [0.2, 0.25) is 0 Å². The molecule has 0 fully saturated rings. The predicted octanol–water partition coefficient (Wildman–Crippen LogP) is 2.29. The Balaban J connectivity index is 2.57. The number of methoxy groups -OCH3 is 1. The summed E-state index contributed by atoms with van der Waals surface area (Å²) in [4.78, 5) is 0. The first-order valence-electron chi connectivity index (χ1n) is 5.48. The van der Waals surface area contributed by atoms with Gasteiger partial charge in [-0.25, -0.2) is 0 Å². The van der Waals surface area contributed by atoms with E-state index < -0.39 is 0 Å². The molecule has 1 aromatic heterocycles. The summed E-state index contributed by atoms with van der Waals surface area (Å²) in [5, 5.41) is 4.22. The van der Waals surface area contributed by atoms with Crippen molar-refractivity contribution in [3.63, 3.8) is 0 Å². The molecule has 2 aromatic rings. The highest BCUT2D eigenvalue weighted by atomic mass is 16.5. The summed E-state index contributed by atoms with van der Waals surface area (Å²) < 4.78 is 7.07. The van der Waals surface area contributed by atoms with Crippen molar-refractivity contribution in [1.82, 2.24) is 9.78 Å². The van der Waals surface area contributed by atoms with E-state index in [4.69, 9.17) is 10.5 Å². The average Bonchev–Trinajstić information content (AvgIpc) is 2.53. The number of aromatic nitrogens is 2. The maximum absolute atomic E-state index is 5.82. The number of nitrogens with two attached hydrogens (primary N) is 1. The van der Waals surface area contributed by atoms with Crippen LogP contribution in [0.15, 0.2) is 18.2 Å². The first kappa shape index (κ1) is 11.5. The number of anilines is 1. The first-order chi connectivity index (χ1) is 8.04. The Hall–Kier alpha value is -1.97. The second-order valence-corrected chi connectivity index (χ2v) is 4.17. The normalized spacial score (nSPS) is 10.6. The Morgan fingerprint density at radius 2 is 2.00 bits per heavy atom. The van der Waals surface area contributed by atoms with Crippen LogP contribution in [0.3, 0.4) is 0 Å². The van der Waals surface area contributed by atoms with Gasteiger partial charge >= 0.3 is 0 Å². The molecule has 2 N–H and O–H groups in total. The predicted molar refractivity (Wildman–Crippen MR) is 69.1 cm³/mol. The zero-order valence-electron chi connectivity index (χ0n) is 10.6. The molecule has 1 aromatic carbocycles. The van der Waals surface area contributed by atoms with E-state index in [0.29, 0.717) is 5.82 Å². The number of aryl methyl sites for hydroxylation is 2. The van der Waals surface area contributed by atoms with E-state index in [2.05, 4.69) is 11.2 Å². The van der Waals surface area contributed by atoms with Crippen LogP contribution in [-0.2, 0) is 7.05 Å². The summed E-state index contributed by atoms with van der Waals surface area (Å²) in [5.41, 5.74) is 10.1. The fourth-order valence-corrected chi connectivity index (χ4v) is 2.08. The van der Waals surface area contributed by atoms with Gasteiger partial charge in [-0.1, -0.05) is 0 Å². The van der Waals surface area contributed by atoms with Gasteiger partial charge in [0, 0.05) is 18.2 Å². The number of hydrogen-bond donors (Lipinski definition) is 1. The minimum absolute atomic E-state index is 0.580. The quantitative estimate of drug-likeness (QED) is 0.862. The van der Waals surface area contributed by atoms with E-state index in [0.717, 1.165) is 28.1 Å². The fourth-order valence-electron chi connectivity index (χ4n) is 2.08. The highest BCUT2D eigenvalue weighted by molar-refractivity contribution is 5.69. The van der Waals surface area contributed by atoms with E-state index in [1.54, 1.807) is 7.11 Å². The number of benzene rings is 1. The fraction of sp³-hybridized carbons (Fsp3) is 0.308. The molecule has 0 atom stereocenters. The van der Waals surface area contributed by atoms with Crippen LogP contribution in [0.4, 0.5) is 5.82 Å². The molecular weight excluding hydrogens is 214 g/mol. The Morgan fingerprint density at radius 3 is 2.47 bits per heavy atom. The molecule has 0 spiro atoms. The lowest BCUT2D eigenvalue weighted by Gasteiger charge is -2.08. The summed E-state index contributed by atoms with van der Waals surface area (Å²) in [6.45, 7) is 4.01. The lowest BCUT2D eigenvalue weighted by atomic mass is 10.1. The zero-order valence-corrected chi connectivity index (χ0v) is 10.6. The lowest BCUT2D eigenvalue weighted by molar-refractivity contribution is 0.412. The smallest absolute Gasteiger partial charge is 0.148 e. The third kappa shape index (κ3) is 1.86. The molecule has 0 aliphatic rings. The van der Waals surface area contributed by atoms with Crippen molar-refractivity contribution in [2.75, 3.05) is 12.8 Å². The Kier molecular flexibility index (Phi) is 2.79.